The molecule has 0 bridgehead atoms. The number of benzene rings is 1. The van der Waals surface area contributed by atoms with E-state index in [4.69, 9.17) is 9.51 Å². The van der Waals surface area contributed by atoms with Gasteiger partial charge in [0.25, 0.3) is 10.0 Å². The molecule has 12 heteroatoms. The van der Waals surface area contributed by atoms with Crippen molar-refractivity contribution in [1.29, 1.82) is 0 Å². The zero-order valence-electron chi connectivity index (χ0n) is 19.8. The summed E-state index contributed by atoms with van der Waals surface area (Å²) >= 11 is 0. The van der Waals surface area contributed by atoms with Crippen LogP contribution in [-0.4, -0.2) is 47.2 Å². The molecule has 0 aliphatic heterocycles. The molecule has 0 N–H and O–H groups in total. The van der Waals surface area contributed by atoms with E-state index in [-0.39, 0.29) is 15.7 Å². The largest absolute Gasteiger partial charge is 0.361 e. The van der Waals surface area contributed by atoms with E-state index in [1.807, 2.05) is 0 Å². The van der Waals surface area contributed by atoms with Gasteiger partial charge in [0.05, 0.1) is 27.5 Å². The van der Waals surface area contributed by atoms with Crippen LogP contribution in [0.3, 0.4) is 0 Å². The molecule has 36 heavy (non-hydrogen) atoms. The Kier molecular flexibility index (Phi) is 5.52. The monoisotopic (exact) mass is 523 g/mol. The van der Waals surface area contributed by atoms with Crippen molar-refractivity contribution in [3.05, 3.63) is 71.9 Å². The van der Waals surface area contributed by atoms with Crippen LogP contribution in [0, 0.1) is 20.8 Å². The molecular weight excluding hydrogens is 502 g/mol. The van der Waals surface area contributed by atoms with Gasteiger partial charge in [-0.25, -0.2) is 35.8 Å². The molecule has 4 heterocycles. The Morgan fingerprint density at radius 3 is 2.28 bits per heavy atom. The van der Waals surface area contributed by atoms with Gasteiger partial charge in [-0.15, -0.1) is 0 Å². The topological polar surface area (TPSA) is 138 Å². The van der Waals surface area contributed by atoms with Crippen molar-refractivity contribution in [2.24, 2.45) is 0 Å². The number of pyridine rings is 1. The summed E-state index contributed by atoms with van der Waals surface area (Å²) in [6.07, 6.45) is 3.83. The van der Waals surface area contributed by atoms with Crippen molar-refractivity contribution in [2.45, 2.75) is 30.8 Å². The molecule has 0 amide bonds. The lowest BCUT2D eigenvalue weighted by atomic mass is 10.1. The maximum atomic E-state index is 13.7. The molecule has 10 nitrogen and oxygen atoms in total. The number of aromatic nitrogens is 5. The van der Waals surface area contributed by atoms with Crippen LogP contribution in [0.4, 0.5) is 0 Å². The molecule has 4 aromatic heterocycles. The summed E-state index contributed by atoms with van der Waals surface area (Å²) < 4.78 is 58.0. The van der Waals surface area contributed by atoms with Crippen molar-refractivity contribution in [3.63, 3.8) is 0 Å². The first-order valence-electron chi connectivity index (χ1n) is 10.8. The van der Waals surface area contributed by atoms with Gasteiger partial charge in [-0.1, -0.05) is 23.4 Å². The summed E-state index contributed by atoms with van der Waals surface area (Å²) in [5.74, 6) is 0.549. The van der Waals surface area contributed by atoms with Gasteiger partial charge in [-0.2, -0.15) is 0 Å². The second kappa shape index (κ2) is 8.35. The number of hydrogen-bond acceptors (Lipinski definition) is 9. The molecule has 0 atom stereocenters. The van der Waals surface area contributed by atoms with Crippen molar-refractivity contribution >= 4 is 30.9 Å². The Bertz CT molecular complexity index is 1840. The summed E-state index contributed by atoms with van der Waals surface area (Å²) in [5, 5.41) is 4.10. The van der Waals surface area contributed by atoms with Crippen LogP contribution in [-0.2, 0) is 19.9 Å². The summed E-state index contributed by atoms with van der Waals surface area (Å²) in [5.41, 5.74) is 3.22. The third-order valence-electron chi connectivity index (χ3n) is 5.75. The molecule has 0 saturated carbocycles. The highest BCUT2D eigenvalue weighted by Crippen LogP contribution is 2.35. The fourth-order valence-electron chi connectivity index (χ4n) is 4.02. The zero-order valence-corrected chi connectivity index (χ0v) is 21.4. The minimum atomic E-state index is -4.06. The Balaban J connectivity index is 1.85. The summed E-state index contributed by atoms with van der Waals surface area (Å²) in [6, 6.07) is 11.5. The minimum absolute atomic E-state index is 0.0780. The Labute approximate surface area is 207 Å². The quantitative estimate of drug-likeness (QED) is 0.315. The number of rotatable bonds is 5. The van der Waals surface area contributed by atoms with Crippen LogP contribution in [0.5, 0.6) is 0 Å². The maximum absolute atomic E-state index is 13.7. The van der Waals surface area contributed by atoms with E-state index in [1.54, 1.807) is 51.1 Å². The first-order chi connectivity index (χ1) is 17.0. The van der Waals surface area contributed by atoms with E-state index in [2.05, 4.69) is 15.1 Å². The molecule has 0 radical (unpaired) electrons. The molecule has 5 aromatic rings. The first-order valence-corrected chi connectivity index (χ1v) is 14.1. The Hall–Kier alpha value is -3.90. The Morgan fingerprint density at radius 2 is 1.64 bits per heavy atom. The third-order valence-corrected chi connectivity index (χ3v) is 8.27. The highest BCUT2D eigenvalue weighted by Gasteiger charge is 2.26. The van der Waals surface area contributed by atoms with E-state index in [0.29, 0.717) is 44.9 Å². The number of hydrogen-bond donors (Lipinski definition) is 0. The number of aryl methyl sites for hydroxylation is 3. The Morgan fingerprint density at radius 1 is 0.917 bits per heavy atom. The SMILES string of the molecule is Cc1cnc(S(C)(=O)=O)nc1-c1cn(S(=O)(=O)c2ccccc2)c2nc(-c3c(C)noc3C)ccc12. The first kappa shape index (κ1) is 23.8. The third kappa shape index (κ3) is 3.88. The van der Waals surface area contributed by atoms with Crippen molar-refractivity contribution in [3.8, 4) is 22.5 Å². The van der Waals surface area contributed by atoms with Crippen LogP contribution in [0.2, 0.25) is 0 Å². The van der Waals surface area contributed by atoms with E-state index in [1.165, 1.54) is 24.5 Å². The zero-order chi connectivity index (χ0) is 25.8. The summed E-state index contributed by atoms with van der Waals surface area (Å²) in [6.45, 7) is 5.26. The fraction of sp³-hybridized carbons (Fsp3) is 0.167. The molecule has 0 aliphatic carbocycles. The van der Waals surface area contributed by atoms with Gasteiger partial charge in [0.1, 0.15) is 5.76 Å². The van der Waals surface area contributed by atoms with Crippen molar-refractivity contribution < 1.29 is 21.4 Å². The lowest BCUT2D eigenvalue weighted by Crippen LogP contribution is -2.12. The lowest BCUT2D eigenvalue weighted by molar-refractivity contribution is 0.393. The van der Waals surface area contributed by atoms with Crippen LogP contribution < -0.4 is 0 Å². The van der Waals surface area contributed by atoms with Gasteiger partial charge in [0, 0.05) is 29.6 Å². The van der Waals surface area contributed by atoms with E-state index in [9.17, 15) is 16.8 Å². The van der Waals surface area contributed by atoms with Crippen LogP contribution in [0.1, 0.15) is 17.0 Å². The standard InChI is InChI=1S/C24H21N5O5S2/c1-14-12-25-24(35(4,30)31)27-22(14)19-13-29(36(32,33)17-8-6-5-7-9-17)23-18(19)10-11-20(26-23)21-15(2)28-34-16(21)3/h5-13H,1-4H3. The average Bonchev–Trinajstić information content (AvgIpc) is 3.38. The molecule has 184 valence electrons. The summed E-state index contributed by atoms with van der Waals surface area (Å²) in [7, 11) is -7.75. The van der Waals surface area contributed by atoms with E-state index >= 15 is 0 Å². The molecule has 1 aromatic carbocycles. The predicted molar refractivity (Wildman–Crippen MR) is 133 cm³/mol. The van der Waals surface area contributed by atoms with E-state index < -0.39 is 19.9 Å². The summed E-state index contributed by atoms with van der Waals surface area (Å²) in [4.78, 5) is 13.0. The maximum Gasteiger partial charge on any atom is 0.269 e. The number of sulfone groups is 1. The van der Waals surface area contributed by atoms with Gasteiger partial charge in [0.2, 0.25) is 15.0 Å². The second-order valence-electron chi connectivity index (χ2n) is 8.38. The van der Waals surface area contributed by atoms with Crippen molar-refractivity contribution in [1.82, 2.24) is 24.1 Å². The molecule has 0 aliphatic rings. The number of fused-ring (bicyclic) bond motifs is 1. The second-order valence-corrected chi connectivity index (χ2v) is 12.1. The predicted octanol–water partition coefficient (Wildman–Crippen LogP) is 3.71. The van der Waals surface area contributed by atoms with Gasteiger partial charge in [0.15, 0.2) is 5.65 Å². The van der Waals surface area contributed by atoms with Crippen LogP contribution in [0.15, 0.2) is 69.4 Å². The van der Waals surface area contributed by atoms with Crippen LogP contribution >= 0.6 is 0 Å². The molecule has 5 rings (SSSR count). The van der Waals surface area contributed by atoms with Crippen LogP contribution in [0.25, 0.3) is 33.5 Å². The van der Waals surface area contributed by atoms with Gasteiger partial charge in [-0.05, 0) is 50.6 Å². The smallest absolute Gasteiger partial charge is 0.269 e. The van der Waals surface area contributed by atoms with Gasteiger partial charge in [-0.3, -0.25) is 0 Å². The molecule has 0 spiro atoms. The average molecular weight is 524 g/mol. The molecule has 0 saturated heterocycles. The highest BCUT2D eigenvalue weighted by atomic mass is 32.2. The van der Waals surface area contributed by atoms with E-state index in [0.717, 1.165) is 10.2 Å². The molecule has 0 unspecified atom stereocenters. The molecule has 0 fully saturated rings. The fourth-order valence-corrected chi connectivity index (χ4v) is 5.86. The van der Waals surface area contributed by atoms with Gasteiger partial charge >= 0.3 is 0 Å². The minimum Gasteiger partial charge on any atom is -0.361 e. The lowest BCUT2D eigenvalue weighted by Gasteiger charge is -2.08. The highest BCUT2D eigenvalue weighted by molar-refractivity contribution is 7.90. The number of nitrogens with zero attached hydrogens (tertiary/aromatic N) is 5. The normalized spacial score (nSPS) is 12.3. The van der Waals surface area contributed by atoms with Crippen molar-refractivity contribution in [2.75, 3.05) is 6.26 Å². The van der Waals surface area contributed by atoms with Gasteiger partial charge < -0.3 is 4.52 Å². The molecular formula is C24H21N5O5S2.